The molecular weight excluding hydrogens is 402 g/mol. The molecule has 0 atom stereocenters. The third-order valence-electron chi connectivity index (χ3n) is 3.55. The summed E-state index contributed by atoms with van der Waals surface area (Å²) in [6, 6.07) is 6.82. The topological polar surface area (TPSA) is 116 Å². The summed E-state index contributed by atoms with van der Waals surface area (Å²) >= 11 is 6.87. The third-order valence-corrected chi connectivity index (χ3v) is 4.60. The molecule has 10 heteroatoms. The summed E-state index contributed by atoms with van der Waals surface area (Å²) in [5, 5.41) is 20.3. The van der Waals surface area contributed by atoms with E-state index in [1.54, 1.807) is 29.6 Å². The van der Waals surface area contributed by atoms with Crippen LogP contribution in [0.3, 0.4) is 0 Å². The van der Waals surface area contributed by atoms with Crippen molar-refractivity contribution in [2.45, 2.75) is 6.92 Å². The molecule has 1 aromatic carbocycles. The zero-order chi connectivity index (χ0) is 19.6. The van der Waals surface area contributed by atoms with Gasteiger partial charge in [-0.15, -0.1) is 28.0 Å². The fraction of sp³-hybridized carbons (Fsp3) is 0.0556. The van der Waals surface area contributed by atoms with Gasteiger partial charge < -0.3 is 10.6 Å². The Morgan fingerprint density at radius 1 is 1.36 bits per heavy atom. The highest BCUT2D eigenvalue weighted by atomic mass is 35.5. The smallest absolute Gasteiger partial charge is 0.284 e. The average molecular weight is 414 g/mol. The largest absolute Gasteiger partial charge is 0.502 e. The monoisotopic (exact) mass is 413 g/mol. The van der Waals surface area contributed by atoms with Crippen LogP contribution in [0, 0.1) is 25.8 Å². The molecule has 0 amide bonds. The highest BCUT2D eigenvalue weighted by Gasteiger charge is 2.22. The molecule has 0 saturated carbocycles. The van der Waals surface area contributed by atoms with Gasteiger partial charge in [-0.3, -0.25) is 9.36 Å². The highest BCUT2D eigenvalue weighted by molar-refractivity contribution is 7.13. The number of aromatic nitrogens is 2. The van der Waals surface area contributed by atoms with Crippen LogP contribution in [0.25, 0.3) is 10.5 Å². The lowest BCUT2D eigenvalue weighted by atomic mass is 10.1. The second-order valence-electron chi connectivity index (χ2n) is 5.28. The minimum Gasteiger partial charge on any atom is -0.502 e. The van der Waals surface area contributed by atoms with Crippen molar-refractivity contribution in [3.8, 4) is 23.9 Å². The number of thiazole rings is 1. The summed E-state index contributed by atoms with van der Waals surface area (Å²) in [7, 11) is 0. The number of nitrogens with zero attached hydrogens (tertiary/aromatic N) is 5. The summed E-state index contributed by atoms with van der Waals surface area (Å²) in [6.45, 7) is 9.23. The molecule has 8 nitrogen and oxygen atoms in total. The predicted molar refractivity (Wildman–Crippen MR) is 108 cm³/mol. The maximum Gasteiger partial charge on any atom is 0.284 e. The minimum atomic E-state index is -0.705. The molecule has 0 bridgehead atoms. The third kappa shape index (κ3) is 3.77. The van der Waals surface area contributed by atoms with Crippen LogP contribution in [0.5, 0.6) is 5.88 Å². The summed E-state index contributed by atoms with van der Waals surface area (Å²) in [5.41, 5.74) is -0.00910. The van der Waals surface area contributed by atoms with Crippen molar-refractivity contribution in [2.75, 3.05) is 0 Å². The first-order chi connectivity index (χ1) is 13.0. The molecule has 28 heavy (non-hydrogen) atoms. The number of rotatable bonds is 3. The number of hydrogen-bond donors (Lipinski definition) is 1. The number of terminal acetylenes is 1. The summed E-state index contributed by atoms with van der Waals surface area (Å²) < 4.78 is 0.969. The van der Waals surface area contributed by atoms with Gasteiger partial charge in [0.25, 0.3) is 11.2 Å². The minimum absolute atomic E-state index is 0. The first kappa shape index (κ1) is 20.8. The van der Waals surface area contributed by atoms with Gasteiger partial charge in [-0.2, -0.15) is 0 Å². The molecule has 0 saturated heterocycles. The Balaban J connectivity index is 0.00000280. The van der Waals surface area contributed by atoms with E-state index in [0.717, 1.165) is 21.5 Å². The zero-order valence-electron chi connectivity index (χ0n) is 14.3. The van der Waals surface area contributed by atoms with E-state index < -0.39 is 11.4 Å². The second kappa shape index (κ2) is 8.46. The van der Waals surface area contributed by atoms with Crippen LogP contribution in [0.1, 0.15) is 11.1 Å². The zero-order valence-corrected chi connectivity index (χ0v) is 15.9. The molecule has 2 heterocycles. The molecule has 0 aliphatic rings. The van der Waals surface area contributed by atoms with Crippen LogP contribution in [0.4, 0.5) is 16.5 Å². The molecule has 0 aliphatic heterocycles. The molecule has 3 N–H and O–H groups in total. The first-order valence-electron chi connectivity index (χ1n) is 7.42. The predicted octanol–water partition coefficient (Wildman–Crippen LogP) is 4.08. The number of azo groups is 1. The molecule has 3 aromatic rings. The first-order valence-corrected chi connectivity index (χ1v) is 8.68. The molecule has 140 valence electrons. The fourth-order valence-electron chi connectivity index (χ4n) is 2.29. The van der Waals surface area contributed by atoms with Crippen LogP contribution in [0.2, 0.25) is 5.15 Å². The van der Waals surface area contributed by atoms with E-state index in [1.807, 2.05) is 6.92 Å². The van der Waals surface area contributed by atoms with Gasteiger partial charge in [0.15, 0.2) is 5.69 Å². The standard InChI is InChI=1S/C18H10ClN5O2S.H2O/c1-4-12-14(20-3)16(25)24(11-7-5-10(2)6-8-11)17(26)15(12)22-23-18-21-13(19)9-27-18;/h1,5-9,25H,2H3;1H2. The quantitative estimate of drug-likeness (QED) is 0.396. The van der Waals surface area contributed by atoms with Crippen LogP contribution in [0.15, 0.2) is 44.7 Å². The van der Waals surface area contributed by atoms with Gasteiger partial charge in [0.05, 0.1) is 17.8 Å². The van der Waals surface area contributed by atoms with Crippen LogP contribution >= 0.6 is 22.9 Å². The molecule has 0 spiro atoms. The van der Waals surface area contributed by atoms with Gasteiger partial charge in [0, 0.05) is 5.38 Å². The highest BCUT2D eigenvalue weighted by Crippen LogP contribution is 2.36. The molecule has 0 aliphatic carbocycles. The summed E-state index contributed by atoms with van der Waals surface area (Å²) in [4.78, 5) is 20.1. The van der Waals surface area contributed by atoms with Gasteiger partial charge in [-0.25, -0.2) is 9.83 Å². The number of hydrogen-bond acceptors (Lipinski definition) is 6. The van der Waals surface area contributed by atoms with Crippen molar-refractivity contribution in [1.29, 1.82) is 0 Å². The average Bonchev–Trinajstić information content (AvgIpc) is 3.07. The fourth-order valence-corrected chi connectivity index (χ4v) is 3.05. The molecule has 3 rings (SSSR count). The number of aryl methyl sites for hydroxylation is 1. The van der Waals surface area contributed by atoms with E-state index in [0.29, 0.717) is 5.69 Å². The van der Waals surface area contributed by atoms with Gasteiger partial charge in [-0.1, -0.05) is 35.2 Å². The van der Waals surface area contributed by atoms with Gasteiger partial charge >= 0.3 is 0 Å². The van der Waals surface area contributed by atoms with Gasteiger partial charge in [-0.05, 0) is 19.1 Å². The van der Waals surface area contributed by atoms with Crippen LogP contribution in [-0.2, 0) is 0 Å². The second-order valence-corrected chi connectivity index (χ2v) is 6.50. The normalized spacial score (nSPS) is 10.3. The number of aromatic hydroxyl groups is 1. The SMILES string of the molecule is O.[C-]#[N+]c1c(C#C)c(N=Nc2nc(Cl)cs2)c(=O)n(-c2ccc(C)cc2)c1O. The number of benzene rings is 1. The van der Waals surface area contributed by atoms with Crippen LogP contribution in [-0.4, -0.2) is 20.1 Å². The van der Waals surface area contributed by atoms with E-state index in [4.69, 9.17) is 24.6 Å². The van der Waals surface area contributed by atoms with Gasteiger partial charge in [0.2, 0.25) is 11.0 Å². The van der Waals surface area contributed by atoms with Crippen molar-refractivity contribution < 1.29 is 10.6 Å². The van der Waals surface area contributed by atoms with Crippen molar-refractivity contribution in [3.05, 3.63) is 67.7 Å². The van der Waals surface area contributed by atoms with E-state index in [9.17, 15) is 9.90 Å². The Morgan fingerprint density at radius 3 is 2.57 bits per heavy atom. The molecule has 0 unspecified atom stereocenters. The van der Waals surface area contributed by atoms with E-state index >= 15 is 0 Å². The van der Waals surface area contributed by atoms with Crippen molar-refractivity contribution in [1.82, 2.24) is 9.55 Å². The van der Waals surface area contributed by atoms with E-state index in [1.165, 1.54) is 0 Å². The molecule has 0 radical (unpaired) electrons. The lowest BCUT2D eigenvalue weighted by molar-refractivity contribution is 0.439. The molecular formula is C18H12ClN5O3S. The Bertz CT molecular complexity index is 1200. The van der Waals surface area contributed by atoms with Crippen molar-refractivity contribution in [3.63, 3.8) is 0 Å². The Morgan fingerprint density at radius 2 is 2.04 bits per heavy atom. The number of pyridine rings is 1. The Labute approximate surface area is 168 Å². The maximum atomic E-state index is 13.0. The van der Waals surface area contributed by atoms with Gasteiger partial charge in [0.1, 0.15) is 5.15 Å². The van der Waals surface area contributed by atoms with E-state index in [2.05, 4.69) is 26.0 Å². The Hall–Kier alpha value is -3.50. The van der Waals surface area contributed by atoms with Crippen molar-refractivity contribution >= 4 is 39.4 Å². The maximum absolute atomic E-state index is 13.0. The molecule has 0 fully saturated rings. The van der Waals surface area contributed by atoms with Crippen molar-refractivity contribution in [2.24, 2.45) is 10.2 Å². The summed E-state index contributed by atoms with van der Waals surface area (Å²) in [6.07, 6.45) is 5.46. The van der Waals surface area contributed by atoms with Crippen LogP contribution < -0.4 is 5.56 Å². The lowest BCUT2D eigenvalue weighted by Gasteiger charge is -2.13. The lowest BCUT2D eigenvalue weighted by Crippen LogP contribution is -2.19. The number of halogens is 1. The summed E-state index contributed by atoms with van der Waals surface area (Å²) in [5.74, 6) is 1.69. The van der Waals surface area contributed by atoms with E-state index in [-0.39, 0.29) is 32.7 Å². The molecule has 2 aromatic heterocycles. The Kier molecular flexibility index (Phi) is 6.29.